The maximum atomic E-state index is 5.74. The fraction of sp³-hybridized carbons (Fsp3) is 1.00. The molecule has 0 aromatic carbocycles. The van der Waals surface area contributed by atoms with Crippen LogP contribution in [0.1, 0.15) is 40.5 Å². The van der Waals surface area contributed by atoms with Crippen molar-refractivity contribution in [1.29, 1.82) is 0 Å². The summed E-state index contributed by atoms with van der Waals surface area (Å²) in [5.41, 5.74) is 3.10. The number of ether oxygens (including phenoxy) is 1. The molecule has 0 aliphatic carbocycles. The third-order valence-electron chi connectivity index (χ3n) is 3.91. The first-order valence-corrected chi connectivity index (χ1v) is 6.77. The Morgan fingerprint density at radius 1 is 1.24 bits per heavy atom. The largest absolute Gasteiger partial charge is 0.379 e. The molecule has 1 heterocycles. The van der Waals surface area contributed by atoms with E-state index in [0.29, 0.717) is 6.04 Å². The van der Waals surface area contributed by atoms with Gasteiger partial charge in [-0.1, -0.05) is 13.8 Å². The van der Waals surface area contributed by atoms with Gasteiger partial charge < -0.3 is 4.74 Å². The Labute approximate surface area is 106 Å². The maximum Gasteiger partial charge on any atom is 0.0594 e. The molecule has 0 saturated carbocycles. The smallest absolute Gasteiger partial charge is 0.0594 e. The van der Waals surface area contributed by atoms with E-state index in [4.69, 9.17) is 10.6 Å². The molecule has 0 aromatic rings. The molecule has 0 aromatic heterocycles. The number of morpholine rings is 1. The Morgan fingerprint density at radius 3 is 2.29 bits per heavy atom. The Kier molecular flexibility index (Phi) is 5.86. The van der Waals surface area contributed by atoms with E-state index in [1.807, 2.05) is 0 Å². The van der Waals surface area contributed by atoms with E-state index in [2.05, 4.69) is 38.0 Å². The number of nitrogens with one attached hydrogen (secondary N) is 1. The van der Waals surface area contributed by atoms with E-state index >= 15 is 0 Å². The zero-order valence-corrected chi connectivity index (χ0v) is 11.8. The minimum Gasteiger partial charge on any atom is -0.379 e. The van der Waals surface area contributed by atoms with Gasteiger partial charge in [0, 0.05) is 24.7 Å². The maximum absolute atomic E-state index is 5.74. The molecule has 1 unspecified atom stereocenters. The molecule has 4 nitrogen and oxygen atoms in total. The summed E-state index contributed by atoms with van der Waals surface area (Å²) < 4.78 is 5.41. The van der Waals surface area contributed by atoms with Crippen molar-refractivity contribution in [1.82, 2.24) is 10.3 Å². The molecule has 0 amide bonds. The summed E-state index contributed by atoms with van der Waals surface area (Å²) in [6.07, 6.45) is 2.33. The molecular weight excluding hydrogens is 214 g/mol. The highest BCUT2D eigenvalue weighted by Crippen LogP contribution is 2.24. The predicted molar refractivity (Wildman–Crippen MR) is 71.7 cm³/mol. The molecule has 4 heteroatoms. The van der Waals surface area contributed by atoms with Crippen LogP contribution in [-0.2, 0) is 4.74 Å². The van der Waals surface area contributed by atoms with Gasteiger partial charge in [0.1, 0.15) is 0 Å². The standard InChI is InChI=1S/C13H29N3O/c1-11(2)5-6-12(15-14)13(3,4)16-7-9-17-10-8-16/h11-12,15H,5-10,14H2,1-4H3. The molecule has 0 spiro atoms. The molecule has 3 N–H and O–H groups in total. The van der Waals surface area contributed by atoms with Gasteiger partial charge in [0.25, 0.3) is 0 Å². The fourth-order valence-electron chi connectivity index (χ4n) is 2.50. The molecule has 1 fully saturated rings. The highest BCUT2D eigenvalue weighted by Gasteiger charge is 2.35. The highest BCUT2D eigenvalue weighted by molar-refractivity contribution is 4.93. The van der Waals surface area contributed by atoms with Crippen LogP contribution in [0.25, 0.3) is 0 Å². The van der Waals surface area contributed by atoms with Gasteiger partial charge in [0.05, 0.1) is 13.2 Å². The van der Waals surface area contributed by atoms with Crippen LogP contribution >= 0.6 is 0 Å². The van der Waals surface area contributed by atoms with Gasteiger partial charge in [0.15, 0.2) is 0 Å². The van der Waals surface area contributed by atoms with Gasteiger partial charge in [-0.25, -0.2) is 0 Å². The summed E-state index contributed by atoms with van der Waals surface area (Å²) >= 11 is 0. The van der Waals surface area contributed by atoms with Crippen LogP contribution in [0.5, 0.6) is 0 Å². The van der Waals surface area contributed by atoms with Gasteiger partial charge in [-0.05, 0) is 32.6 Å². The van der Waals surface area contributed by atoms with Crippen molar-refractivity contribution in [2.75, 3.05) is 26.3 Å². The molecule has 1 aliphatic rings. The molecule has 0 radical (unpaired) electrons. The summed E-state index contributed by atoms with van der Waals surface area (Å²) in [5.74, 6) is 6.47. The average molecular weight is 243 g/mol. The lowest BCUT2D eigenvalue weighted by molar-refractivity contribution is -0.0249. The first-order chi connectivity index (χ1) is 7.98. The van der Waals surface area contributed by atoms with Crippen LogP contribution in [-0.4, -0.2) is 42.8 Å². The van der Waals surface area contributed by atoms with E-state index in [-0.39, 0.29) is 5.54 Å². The van der Waals surface area contributed by atoms with Crippen molar-refractivity contribution in [3.63, 3.8) is 0 Å². The van der Waals surface area contributed by atoms with Gasteiger partial charge >= 0.3 is 0 Å². The summed E-state index contributed by atoms with van der Waals surface area (Å²) in [4.78, 5) is 2.49. The lowest BCUT2D eigenvalue weighted by Crippen LogP contribution is -2.61. The van der Waals surface area contributed by atoms with Crippen molar-refractivity contribution >= 4 is 0 Å². The lowest BCUT2D eigenvalue weighted by Gasteiger charge is -2.45. The molecule has 102 valence electrons. The van der Waals surface area contributed by atoms with Gasteiger partial charge in [-0.3, -0.25) is 16.2 Å². The highest BCUT2D eigenvalue weighted by atomic mass is 16.5. The summed E-state index contributed by atoms with van der Waals surface area (Å²) in [6.45, 7) is 12.8. The quantitative estimate of drug-likeness (QED) is 0.546. The Hall–Kier alpha value is -0.160. The first kappa shape index (κ1) is 14.9. The van der Waals surface area contributed by atoms with Crippen LogP contribution < -0.4 is 11.3 Å². The Morgan fingerprint density at radius 2 is 1.82 bits per heavy atom. The normalized spacial score (nSPS) is 20.8. The van der Waals surface area contributed by atoms with Crippen LogP contribution in [0.4, 0.5) is 0 Å². The Balaban J connectivity index is 2.56. The predicted octanol–water partition coefficient (Wildman–Crippen LogP) is 1.37. The van der Waals surface area contributed by atoms with Crippen LogP contribution in [0.15, 0.2) is 0 Å². The number of rotatable bonds is 6. The second-order valence-corrected chi connectivity index (χ2v) is 5.94. The summed E-state index contributed by atoms with van der Waals surface area (Å²) in [5, 5.41) is 0. The van der Waals surface area contributed by atoms with Crippen LogP contribution in [0, 0.1) is 5.92 Å². The number of hydrogen-bond acceptors (Lipinski definition) is 4. The average Bonchev–Trinajstić information content (AvgIpc) is 2.30. The molecule has 17 heavy (non-hydrogen) atoms. The Bertz CT molecular complexity index is 213. The first-order valence-electron chi connectivity index (χ1n) is 6.77. The number of nitrogens with two attached hydrogens (primary N) is 1. The minimum atomic E-state index is 0.0907. The summed E-state index contributed by atoms with van der Waals surface area (Å²) in [6, 6.07) is 0.336. The molecule has 1 saturated heterocycles. The summed E-state index contributed by atoms with van der Waals surface area (Å²) in [7, 11) is 0. The second kappa shape index (κ2) is 6.69. The molecular formula is C13H29N3O. The fourth-order valence-corrected chi connectivity index (χ4v) is 2.50. The van der Waals surface area contributed by atoms with E-state index in [9.17, 15) is 0 Å². The van der Waals surface area contributed by atoms with E-state index in [0.717, 1.165) is 38.6 Å². The topological polar surface area (TPSA) is 50.5 Å². The van der Waals surface area contributed by atoms with Crippen molar-refractivity contribution in [3.05, 3.63) is 0 Å². The number of hydrazine groups is 1. The second-order valence-electron chi connectivity index (χ2n) is 5.94. The van der Waals surface area contributed by atoms with Crippen molar-refractivity contribution in [3.8, 4) is 0 Å². The van der Waals surface area contributed by atoms with Crippen molar-refractivity contribution < 1.29 is 4.74 Å². The zero-order chi connectivity index (χ0) is 12.9. The van der Waals surface area contributed by atoms with Crippen LogP contribution in [0.2, 0.25) is 0 Å². The van der Waals surface area contributed by atoms with Crippen molar-refractivity contribution in [2.24, 2.45) is 11.8 Å². The molecule has 0 bridgehead atoms. The van der Waals surface area contributed by atoms with Gasteiger partial charge in [-0.15, -0.1) is 0 Å². The van der Waals surface area contributed by atoms with E-state index in [1.54, 1.807) is 0 Å². The molecule has 1 aliphatic heterocycles. The van der Waals surface area contributed by atoms with Crippen LogP contribution in [0.3, 0.4) is 0 Å². The van der Waals surface area contributed by atoms with Gasteiger partial charge in [-0.2, -0.15) is 0 Å². The third-order valence-corrected chi connectivity index (χ3v) is 3.91. The third kappa shape index (κ3) is 4.21. The van der Waals surface area contributed by atoms with Crippen molar-refractivity contribution in [2.45, 2.75) is 52.1 Å². The zero-order valence-electron chi connectivity index (χ0n) is 11.8. The minimum absolute atomic E-state index is 0.0907. The SMILES string of the molecule is CC(C)CCC(NN)C(C)(C)N1CCOCC1. The molecule has 1 rings (SSSR count). The van der Waals surface area contributed by atoms with Gasteiger partial charge in [0.2, 0.25) is 0 Å². The lowest BCUT2D eigenvalue weighted by atomic mass is 9.87. The van der Waals surface area contributed by atoms with E-state index < -0.39 is 0 Å². The number of nitrogens with zero attached hydrogens (tertiary/aromatic N) is 1. The van der Waals surface area contributed by atoms with E-state index in [1.165, 1.54) is 6.42 Å². The number of hydrogen-bond donors (Lipinski definition) is 2. The molecule has 1 atom stereocenters. The monoisotopic (exact) mass is 243 g/mol.